The van der Waals surface area contributed by atoms with Crippen LogP contribution < -0.4 is 5.73 Å². The molecule has 2 heterocycles. The van der Waals surface area contributed by atoms with Gasteiger partial charge in [0.25, 0.3) is 5.91 Å². The molecular formula is C13H14N4O2. The Kier molecular flexibility index (Phi) is 2.63. The number of carbonyl (C=O) groups excluding carboxylic acids is 1. The van der Waals surface area contributed by atoms with Gasteiger partial charge in [-0.05, 0) is 18.6 Å². The molecule has 0 unspecified atom stereocenters. The first-order valence-corrected chi connectivity index (χ1v) is 6.05. The first-order valence-electron chi connectivity index (χ1n) is 6.05. The van der Waals surface area contributed by atoms with Gasteiger partial charge in [0.2, 0.25) is 0 Å². The third-order valence-corrected chi connectivity index (χ3v) is 3.39. The number of nitrogens with one attached hydrogen (secondary N) is 1. The molecule has 98 valence electrons. The van der Waals surface area contributed by atoms with E-state index in [1.807, 2.05) is 0 Å². The average Bonchev–Trinajstić information content (AvgIpc) is 2.80. The van der Waals surface area contributed by atoms with Crippen molar-refractivity contribution >= 4 is 11.7 Å². The minimum atomic E-state index is -0.183. The van der Waals surface area contributed by atoms with Crippen molar-refractivity contribution in [1.29, 1.82) is 0 Å². The molecule has 0 spiro atoms. The molecule has 3 rings (SSSR count). The van der Waals surface area contributed by atoms with E-state index in [-0.39, 0.29) is 11.7 Å². The van der Waals surface area contributed by atoms with Gasteiger partial charge in [-0.3, -0.25) is 9.89 Å². The largest absolute Gasteiger partial charge is 0.507 e. The normalized spacial score (nSPS) is 14.2. The van der Waals surface area contributed by atoms with Crippen LogP contribution in [-0.2, 0) is 13.0 Å². The molecule has 6 nitrogen and oxygen atoms in total. The number of phenolic OH excluding ortho intramolecular Hbond substituents is 1. The molecule has 6 heteroatoms. The summed E-state index contributed by atoms with van der Waals surface area (Å²) < 4.78 is 0. The number of carbonyl (C=O) groups is 1. The van der Waals surface area contributed by atoms with Crippen molar-refractivity contribution in [1.82, 2.24) is 15.1 Å². The van der Waals surface area contributed by atoms with Crippen LogP contribution in [0.1, 0.15) is 21.6 Å². The van der Waals surface area contributed by atoms with Gasteiger partial charge < -0.3 is 15.7 Å². The van der Waals surface area contributed by atoms with Gasteiger partial charge in [0.05, 0.1) is 17.8 Å². The first kappa shape index (κ1) is 11.6. The van der Waals surface area contributed by atoms with Crippen LogP contribution in [0.4, 0.5) is 5.82 Å². The molecule has 0 fully saturated rings. The first-order chi connectivity index (χ1) is 9.16. The highest BCUT2D eigenvalue weighted by Crippen LogP contribution is 2.24. The highest BCUT2D eigenvalue weighted by atomic mass is 16.3. The molecule has 2 aromatic rings. The Hall–Kier alpha value is -2.50. The Morgan fingerprint density at radius 3 is 3.00 bits per heavy atom. The van der Waals surface area contributed by atoms with E-state index >= 15 is 0 Å². The van der Waals surface area contributed by atoms with Crippen LogP contribution >= 0.6 is 0 Å². The van der Waals surface area contributed by atoms with Crippen LogP contribution in [0.15, 0.2) is 24.3 Å². The molecule has 0 aliphatic carbocycles. The predicted octanol–water partition coefficient (Wildman–Crippen LogP) is 0.896. The summed E-state index contributed by atoms with van der Waals surface area (Å²) in [6.07, 6.45) is 0.678. The summed E-state index contributed by atoms with van der Waals surface area (Å²) in [5.74, 6) is 0.323. The van der Waals surface area contributed by atoms with Gasteiger partial charge in [-0.15, -0.1) is 0 Å². The second-order valence-corrected chi connectivity index (χ2v) is 4.56. The second kappa shape index (κ2) is 4.31. The fourth-order valence-corrected chi connectivity index (χ4v) is 2.34. The van der Waals surface area contributed by atoms with Crippen LogP contribution in [0, 0.1) is 0 Å². The Balaban J connectivity index is 1.86. The van der Waals surface area contributed by atoms with Gasteiger partial charge in [0.1, 0.15) is 11.6 Å². The zero-order chi connectivity index (χ0) is 13.4. The van der Waals surface area contributed by atoms with Crippen molar-refractivity contribution in [2.45, 2.75) is 13.0 Å². The Morgan fingerprint density at radius 1 is 1.42 bits per heavy atom. The number of rotatable bonds is 1. The Morgan fingerprint density at radius 2 is 2.21 bits per heavy atom. The van der Waals surface area contributed by atoms with E-state index in [0.717, 1.165) is 11.3 Å². The van der Waals surface area contributed by atoms with Gasteiger partial charge in [-0.2, -0.15) is 5.10 Å². The number of benzene rings is 1. The Labute approximate surface area is 109 Å². The van der Waals surface area contributed by atoms with Crippen molar-refractivity contribution in [3.8, 4) is 5.75 Å². The summed E-state index contributed by atoms with van der Waals surface area (Å²) in [5, 5.41) is 16.5. The summed E-state index contributed by atoms with van der Waals surface area (Å²) in [5.41, 5.74) is 7.91. The van der Waals surface area contributed by atoms with Crippen LogP contribution in [0.5, 0.6) is 5.75 Å². The van der Waals surface area contributed by atoms with E-state index in [1.54, 1.807) is 23.1 Å². The lowest BCUT2D eigenvalue weighted by molar-refractivity contribution is 0.0729. The third-order valence-electron chi connectivity index (χ3n) is 3.39. The van der Waals surface area contributed by atoms with E-state index in [0.29, 0.717) is 30.9 Å². The van der Waals surface area contributed by atoms with Gasteiger partial charge in [-0.1, -0.05) is 12.1 Å². The molecule has 1 aromatic heterocycles. The molecule has 0 atom stereocenters. The molecule has 0 radical (unpaired) electrons. The molecule has 1 aromatic carbocycles. The summed E-state index contributed by atoms with van der Waals surface area (Å²) in [4.78, 5) is 14.0. The summed E-state index contributed by atoms with van der Waals surface area (Å²) in [7, 11) is 0. The molecule has 0 saturated heterocycles. The standard InChI is InChI=1S/C13H14N4O2/c14-12-8-5-6-17(7-10(8)15-16-12)13(19)9-3-1-2-4-11(9)18/h1-4,18H,5-7H2,(H3,14,15,16). The lowest BCUT2D eigenvalue weighted by Gasteiger charge is -2.26. The van der Waals surface area contributed by atoms with E-state index < -0.39 is 0 Å². The number of nitrogens with zero attached hydrogens (tertiary/aromatic N) is 2. The molecule has 19 heavy (non-hydrogen) atoms. The molecule has 0 saturated carbocycles. The zero-order valence-corrected chi connectivity index (χ0v) is 10.3. The quantitative estimate of drug-likeness (QED) is 0.708. The van der Waals surface area contributed by atoms with E-state index in [1.165, 1.54) is 6.07 Å². The minimum Gasteiger partial charge on any atom is -0.507 e. The SMILES string of the molecule is Nc1n[nH]c2c1CCN(C(=O)c1ccccc1O)C2. The summed E-state index contributed by atoms with van der Waals surface area (Å²) in [6.45, 7) is 1.01. The monoisotopic (exact) mass is 258 g/mol. The smallest absolute Gasteiger partial charge is 0.257 e. The number of anilines is 1. The second-order valence-electron chi connectivity index (χ2n) is 4.56. The van der Waals surface area contributed by atoms with Crippen LogP contribution in [-0.4, -0.2) is 32.7 Å². The lowest BCUT2D eigenvalue weighted by atomic mass is 10.1. The Bertz CT molecular complexity index is 635. The number of aromatic amines is 1. The minimum absolute atomic E-state index is 0.00224. The van der Waals surface area contributed by atoms with E-state index in [9.17, 15) is 9.90 Å². The van der Waals surface area contributed by atoms with Crippen molar-refractivity contribution in [2.75, 3.05) is 12.3 Å². The number of para-hydroxylation sites is 1. The molecular weight excluding hydrogens is 244 g/mol. The van der Waals surface area contributed by atoms with Gasteiger partial charge in [0, 0.05) is 12.1 Å². The number of hydrogen-bond acceptors (Lipinski definition) is 4. The van der Waals surface area contributed by atoms with Gasteiger partial charge in [0.15, 0.2) is 0 Å². The summed E-state index contributed by atoms with van der Waals surface area (Å²) in [6, 6.07) is 6.55. The number of aromatic nitrogens is 2. The average molecular weight is 258 g/mol. The maximum absolute atomic E-state index is 12.3. The number of phenols is 1. The number of H-pyrrole nitrogens is 1. The molecule has 1 aliphatic heterocycles. The number of amides is 1. The predicted molar refractivity (Wildman–Crippen MR) is 69.6 cm³/mol. The number of nitrogens with two attached hydrogens (primary N) is 1. The number of fused-ring (bicyclic) bond motifs is 1. The summed E-state index contributed by atoms with van der Waals surface area (Å²) >= 11 is 0. The van der Waals surface area contributed by atoms with Crippen LogP contribution in [0.2, 0.25) is 0 Å². The molecule has 1 amide bonds. The van der Waals surface area contributed by atoms with Crippen molar-refractivity contribution in [3.05, 3.63) is 41.1 Å². The number of aromatic hydroxyl groups is 1. The highest BCUT2D eigenvalue weighted by molar-refractivity contribution is 5.96. The maximum atomic E-state index is 12.3. The van der Waals surface area contributed by atoms with Crippen LogP contribution in [0.3, 0.4) is 0 Å². The van der Waals surface area contributed by atoms with Crippen LogP contribution in [0.25, 0.3) is 0 Å². The number of nitrogen functional groups attached to an aromatic ring is 1. The molecule has 4 N–H and O–H groups in total. The fraction of sp³-hybridized carbons (Fsp3) is 0.231. The maximum Gasteiger partial charge on any atom is 0.257 e. The van der Waals surface area contributed by atoms with Crippen molar-refractivity contribution in [2.24, 2.45) is 0 Å². The van der Waals surface area contributed by atoms with E-state index in [2.05, 4.69) is 10.2 Å². The zero-order valence-electron chi connectivity index (χ0n) is 10.3. The molecule has 0 bridgehead atoms. The van der Waals surface area contributed by atoms with E-state index in [4.69, 9.17) is 5.73 Å². The van der Waals surface area contributed by atoms with Crippen molar-refractivity contribution < 1.29 is 9.90 Å². The topological polar surface area (TPSA) is 95.2 Å². The number of hydrogen-bond donors (Lipinski definition) is 3. The highest BCUT2D eigenvalue weighted by Gasteiger charge is 2.25. The fourth-order valence-electron chi connectivity index (χ4n) is 2.34. The lowest BCUT2D eigenvalue weighted by Crippen LogP contribution is -2.36. The van der Waals surface area contributed by atoms with Gasteiger partial charge in [-0.25, -0.2) is 0 Å². The third kappa shape index (κ3) is 1.91. The molecule has 1 aliphatic rings. The van der Waals surface area contributed by atoms with Crippen molar-refractivity contribution in [3.63, 3.8) is 0 Å². The van der Waals surface area contributed by atoms with Gasteiger partial charge >= 0.3 is 0 Å².